The molecule has 0 bridgehead atoms. The van der Waals surface area contributed by atoms with Crippen LogP contribution in [0, 0.1) is 0 Å². The quantitative estimate of drug-likeness (QED) is 0.233. The van der Waals surface area contributed by atoms with Crippen LogP contribution in [-0.4, -0.2) is 84.1 Å². The molecule has 2 aromatic rings. The predicted octanol–water partition coefficient (Wildman–Crippen LogP) is -2.08. The first-order chi connectivity index (χ1) is 13.9. The summed E-state index contributed by atoms with van der Waals surface area (Å²) in [5.41, 5.74) is 0.678. The van der Waals surface area contributed by atoms with Crippen LogP contribution in [0.4, 0.5) is 0 Å². The number of nitrogens with zero attached hydrogens (tertiary/aromatic N) is 2. The highest BCUT2D eigenvalue weighted by molar-refractivity contribution is 5.94. The zero-order valence-electron chi connectivity index (χ0n) is 15.5. The summed E-state index contributed by atoms with van der Waals surface area (Å²) in [5, 5.41) is 60.2. The summed E-state index contributed by atoms with van der Waals surface area (Å²) < 4.78 is 0. The van der Waals surface area contributed by atoms with Crippen molar-refractivity contribution in [3.05, 3.63) is 59.7 Å². The molecule has 0 unspecified atom stereocenters. The molecule has 0 aliphatic rings. The normalized spacial score (nSPS) is 16.5. The minimum absolute atomic E-state index is 0.0284. The topological polar surface area (TPSA) is 176 Å². The van der Waals surface area contributed by atoms with Gasteiger partial charge in [-0.25, -0.2) is 0 Å². The van der Waals surface area contributed by atoms with Crippen LogP contribution >= 0.6 is 0 Å². The molecule has 5 atom stereocenters. The highest BCUT2D eigenvalue weighted by atomic mass is 16.4. The number of rotatable bonds is 10. The van der Waals surface area contributed by atoms with Crippen molar-refractivity contribution >= 4 is 5.91 Å². The zero-order valence-corrected chi connectivity index (χ0v) is 15.5. The fraction of sp³-hybridized carbons (Fsp3) is 0.421. The highest BCUT2D eigenvalue weighted by Gasteiger charge is 2.27. The molecule has 0 saturated heterocycles. The van der Waals surface area contributed by atoms with E-state index in [1.54, 1.807) is 30.3 Å². The van der Waals surface area contributed by atoms with E-state index in [0.717, 1.165) is 6.20 Å². The summed E-state index contributed by atoms with van der Waals surface area (Å²) in [6.07, 6.45) is -3.50. The summed E-state index contributed by atoms with van der Waals surface area (Å²) in [6.45, 7) is -1.22. The molecule has 2 rings (SSSR count). The maximum absolute atomic E-state index is 12.2. The second kappa shape index (κ2) is 10.9. The fourth-order valence-electron chi connectivity index (χ4n) is 2.58. The van der Waals surface area contributed by atoms with E-state index in [0.29, 0.717) is 11.3 Å². The maximum Gasteiger partial charge on any atom is 0.251 e. The Balaban J connectivity index is 1.98. The van der Waals surface area contributed by atoms with Crippen molar-refractivity contribution in [1.82, 2.24) is 15.3 Å². The summed E-state index contributed by atoms with van der Waals surface area (Å²) >= 11 is 0. The van der Waals surface area contributed by atoms with E-state index in [-0.39, 0.29) is 12.1 Å². The van der Waals surface area contributed by atoms with E-state index < -0.39 is 49.6 Å². The monoisotopic (exact) mass is 407 g/mol. The van der Waals surface area contributed by atoms with Crippen LogP contribution in [0.1, 0.15) is 27.8 Å². The Morgan fingerprint density at radius 1 is 0.931 bits per heavy atom. The molecule has 7 N–H and O–H groups in total. The van der Waals surface area contributed by atoms with E-state index in [4.69, 9.17) is 5.11 Å². The predicted molar refractivity (Wildman–Crippen MR) is 101 cm³/mol. The number of aliphatic hydroxyl groups is 6. The number of amides is 1. The number of hydrogen-bond acceptors (Lipinski definition) is 9. The molecule has 0 aliphatic carbocycles. The molecule has 1 aromatic heterocycles. The van der Waals surface area contributed by atoms with Crippen molar-refractivity contribution in [2.24, 2.45) is 0 Å². The van der Waals surface area contributed by atoms with Crippen molar-refractivity contribution in [3.8, 4) is 0 Å². The standard InChI is InChI=1S/C19H25N3O7/c23-9-14(22-19(29)11-4-2-1-3-5-11)15(25)6-12-7-21-13(8-20-12)17(27)18(28)16(26)10-24/h1-5,7-8,14-18,23-28H,6,9-10H2,(H,22,29)/t14-,15+,16+,17+,18+/m0/s1. The number of carbonyl (C=O) groups excluding carboxylic acids is 1. The summed E-state index contributed by atoms with van der Waals surface area (Å²) in [7, 11) is 0. The lowest BCUT2D eigenvalue weighted by atomic mass is 10.0. The van der Waals surface area contributed by atoms with Crippen LogP contribution in [0.2, 0.25) is 0 Å². The summed E-state index contributed by atoms with van der Waals surface area (Å²) in [6, 6.07) is 7.43. The molecule has 1 aromatic carbocycles. The van der Waals surface area contributed by atoms with Crippen LogP contribution in [0.5, 0.6) is 0 Å². The van der Waals surface area contributed by atoms with Gasteiger partial charge in [0, 0.05) is 18.2 Å². The molecule has 0 fully saturated rings. The van der Waals surface area contributed by atoms with Crippen LogP contribution in [0.3, 0.4) is 0 Å². The number of benzene rings is 1. The first-order valence-electron chi connectivity index (χ1n) is 8.98. The van der Waals surface area contributed by atoms with Crippen molar-refractivity contribution in [1.29, 1.82) is 0 Å². The lowest BCUT2D eigenvalue weighted by molar-refractivity contribution is -0.0790. The molecule has 0 saturated carbocycles. The zero-order chi connectivity index (χ0) is 21.4. The van der Waals surface area contributed by atoms with Crippen LogP contribution in [0.25, 0.3) is 0 Å². The minimum atomic E-state index is -1.64. The Hall–Kier alpha value is -2.47. The molecular weight excluding hydrogens is 382 g/mol. The molecule has 0 aliphatic heterocycles. The fourth-order valence-corrected chi connectivity index (χ4v) is 2.58. The lowest BCUT2D eigenvalue weighted by Gasteiger charge is -2.23. The number of carbonyl (C=O) groups is 1. The average Bonchev–Trinajstić information content (AvgIpc) is 2.76. The molecule has 158 valence electrons. The van der Waals surface area contributed by atoms with E-state index in [1.807, 2.05) is 0 Å². The van der Waals surface area contributed by atoms with Gasteiger partial charge in [0.1, 0.15) is 18.3 Å². The lowest BCUT2D eigenvalue weighted by Crippen LogP contribution is -2.46. The molecule has 0 spiro atoms. The van der Waals surface area contributed by atoms with E-state index in [2.05, 4.69) is 15.3 Å². The van der Waals surface area contributed by atoms with Crippen LogP contribution in [-0.2, 0) is 6.42 Å². The Morgan fingerprint density at radius 2 is 1.62 bits per heavy atom. The van der Waals surface area contributed by atoms with Crippen molar-refractivity contribution in [2.45, 2.75) is 36.9 Å². The van der Waals surface area contributed by atoms with Gasteiger partial charge >= 0.3 is 0 Å². The van der Waals surface area contributed by atoms with Gasteiger partial charge in [-0.2, -0.15) is 0 Å². The number of nitrogens with one attached hydrogen (secondary N) is 1. The SMILES string of the molecule is O=C(N[C@@H](CO)[C@H](O)Cc1cnc([C@@H](O)[C@H](O)[C@H](O)CO)cn1)c1ccccc1. The molecule has 1 amide bonds. The average molecular weight is 407 g/mol. The third kappa shape index (κ3) is 6.26. The van der Waals surface area contributed by atoms with Gasteiger partial charge in [0.15, 0.2) is 0 Å². The smallest absolute Gasteiger partial charge is 0.251 e. The maximum atomic E-state index is 12.2. The number of hydrogen-bond donors (Lipinski definition) is 7. The van der Waals surface area contributed by atoms with Gasteiger partial charge in [0.2, 0.25) is 0 Å². The van der Waals surface area contributed by atoms with E-state index in [1.165, 1.54) is 6.20 Å². The summed E-state index contributed by atoms with van der Waals surface area (Å²) in [5.74, 6) is -0.440. The Labute approximate surface area is 167 Å². The molecule has 10 nitrogen and oxygen atoms in total. The second-order valence-corrected chi connectivity index (χ2v) is 6.52. The van der Waals surface area contributed by atoms with Crippen molar-refractivity contribution in [3.63, 3.8) is 0 Å². The van der Waals surface area contributed by atoms with Crippen molar-refractivity contribution < 1.29 is 35.4 Å². The molecule has 0 radical (unpaired) electrons. The Bertz CT molecular complexity index is 760. The van der Waals surface area contributed by atoms with Gasteiger partial charge in [0.25, 0.3) is 5.91 Å². The van der Waals surface area contributed by atoms with Gasteiger partial charge in [-0.15, -0.1) is 0 Å². The molecule has 29 heavy (non-hydrogen) atoms. The van der Waals surface area contributed by atoms with Crippen molar-refractivity contribution in [2.75, 3.05) is 13.2 Å². The second-order valence-electron chi connectivity index (χ2n) is 6.52. The van der Waals surface area contributed by atoms with Crippen LogP contribution in [0.15, 0.2) is 42.7 Å². The molecule has 10 heteroatoms. The molecular formula is C19H25N3O7. The van der Waals surface area contributed by atoms with Gasteiger partial charge < -0.3 is 36.0 Å². The number of aromatic nitrogens is 2. The van der Waals surface area contributed by atoms with Gasteiger partial charge in [0.05, 0.1) is 42.9 Å². The van der Waals surface area contributed by atoms with Gasteiger partial charge in [-0.3, -0.25) is 14.8 Å². The van der Waals surface area contributed by atoms with E-state index >= 15 is 0 Å². The largest absolute Gasteiger partial charge is 0.394 e. The van der Waals surface area contributed by atoms with Gasteiger partial charge in [-0.05, 0) is 12.1 Å². The van der Waals surface area contributed by atoms with Crippen LogP contribution < -0.4 is 5.32 Å². The van der Waals surface area contributed by atoms with E-state index in [9.17, 15) is 30.3 Å². The Morgan fingerprint density at radius 3 is 2.17 bits per heavy atom. The Kier molecular flexibility index (Phi) is 8.58. The van der Waals surface area contributed by atoms with Gasteiger partial charge in [-0.1, -0.05) is 18.2 Å². The summed E-state index contributed by atoms with van der Waals surface area (Å²) in [4.78, 5) is 20.1. The minimum Gasteiger partial charge on any atom is -0.394 e. The number of aliphatic hydroxyl groups excluding tert-OH is 6. The first kappa shape index (κ1) is 22.8. The third-order valence-electron chi connectivity index (χ3n) is 4.36. The first-order valence-corrected chi connectivity index (χ1v) is 8.98. The molecule has 1 heterocycles. The highest BCUT2D eigenvalue weighted by Crippen LogP contribution is 2.17. The third-order valence-corrected chi connectivity index (χ3v) is 4.36.